The minimum absolute atomic E-state index is 0.148. The number of anilines is 1. The molecule has 0 bridgehead atoms. The van der Waals surface area contributed by atoms with Crippen LogP contribution in [0.2, 0.25) is 0 Å². The van der Waals surface area contributed by atoms with Crippen molar-refractivity contribution in [3.05, 3.63) is 58.1 Å². The maximum atomic E-state index is 13.6. The molecule has 1 spiro atoms. The fraction of sp³-hybridized carbons (Fsp3) is 0.292. The summed E-state index contributed by atoms with van der Waals surface area (Å²) in [5.41, 5.74) is 0.143. The van der Waals surface area contributed by atoms with Gasteiger partial charge in [-0.15, -0.1) is 11.3 Å². The van der Waals surface area contributed by atoms with Gasteiger partial charge in [-0.05, 0) is 31.2 Å². The van der Waals surface area contributed by atoms with Crippen molar-refractivity contribution in [1.29, 1.82) is 0 Å². The maximum absolute atomic E-state index is 13.6. The largest absolute Gasteiger partial charge is 0.467 e. The molecule has 1 fully saturated rings. The molecule has 0 saturated carbocycles. The van der Waals surface area contributed by atoms with E-state index in [1.165, 1.54) is 11.3 Å². The zero-order chi connectivity index (χ0) is 23.9. The summed E-state index contributed by atoms with van der Waals surface area (Å²) in [6.45, 7) is 3.15. The Bertz CT molecular complexity index is 1300. The number of urea groups is 1. The van der Waals surface area contributed by atoms with Gasteiger partial charge in [-0.2, -0.15) is 0 Å². The number of carbonyl (C=O) groups is 3. The Hall–Kier alpha value is -3.11. The van der Waals surface area contributed by atoms with E-state index < -0.39 is 5.72 Å². The van der Waals surface area contributed by atoms with Crippen LogP contribution in [0.1, 0.15) is 40.5 Å². The number of hydrogen-bond acceptors (Lipinski definition) is 5. The first-order chi connectivity index (χ1) is 16.4. The van der Waals surface area contributed by atoms with Crippen LogP contribution in [0, 0.1) is 0 Å². The molecule has 0 atom stereocenters. The van der Waals surface area contributed by atoms with Gasteiger partial charge in [0.25, 0.3) is 11.8 Å². The third-order valence-electron chi connectivity index (χ3n) is 6.06. The fourth-order valence-corrected chi connectivity index (χ4v) is 5.84. The smallest absolute Gasteiger partial charge is 0.319 e. The lowest BCUT2D eigenvalue weighted by molar-refractivity contribution is -0.0245. The van der Waals surface area contributed by atoms with Gasteiger partial charge in [0, 0.05) is 47.0 Å². The molecule has 8 nitrogen and oxygen atoms in total. The van der Waals surface area contributed by atoms with Crippen molar-refractivity contribution in [3.63, 3.8) is 0 Å². The SMILES string of the molecule is CCNC(=O)Nc1sc2ccccc2c1C(=O)N1CCC2(CC1)NC(=O)c1cc(Br)ccc1O2. The number of rotatable bonds is 3. The molecule has 5 rings (SSSR count). The number of ether oxygens (including phenoxy) is 1. The van der Waals surface area contributed by atoms with E-state index >= 15 is 0 Å². The molecule has 34 heavy (non-hydrogen) atoms. The first kappa shape index (κ1) is 22.7. The van der Waals surface area contributed by atoms with Crippen molar-refractivity contribution < 1.29 is 19.1 Å². The quantitative estimate of drug-likeness (QED) is 0.451. The summed E-state index contributed by atoms with van der Waals surface area (Å²) in [4.78, 5) is 40.3. The number of benzene rings is 2. The molecular weight excluding hydrogens is 520 g/mol. The zero-order valence-corrected chi connectivity index (χ0v) is 20.8. The Kier molecular flexibility index (Phi) is 5.95. The first-order valence-electron chi connectivity index (χ1n) is 11.1. The highest BCUT2D eigenvalue weighted by atomic mass is 79.9. The third kappa shape index (κ3) is 4.12. The highest BCUT2D eigenvalue weighted by molar-refractivity contribution is 9.10. The Balaban J connectivity index is 1.37. The van der Waals surface area contributed by atoms with E-state index in [-0.39, 0.29) is 17.8 Å². The monoisotopic (exact) mass is 542 g/mol. The van der Waals surface area contributed by atoms with Crippen molar-refractivity contribution >= 4 is 60.2 Å². The van der Waals surface area contributed by atoms with Gasteiger partial charge in [0.1, 0.15) is 10.8 Å². The zero-order valence-electron chi connectivity index (χ0n) is 18.4. The first-order valence-corrected chi connectivity index (χ1v) is 12.7. The molecule has 2 aliphatic heterocycles. The summed E-state index contributed by atoms with van der Waals surface area (Å²) < 4.78 is 7.96. The molecule has 10 heteroatoms. The third-order valence-corrected chi connectivity index (χ3v) is 7.64. The van der Waals surface area contributed by atoms with Crippen LogP contribution in [0.4, 0.5) is 9.80 Å². The summed E-state index contributed by atoms with van der Waals surface area (Å²) in [5, 5.41) is 9.89. The normalized spacial score (nSPS) is 16.5. The van der Waals surface area contributed by atoms with Gasteiger partial charge in [0.05, 0.1) is 11.1 Å². The van der Waals surface area contributed by atoms with Crippen LogP contribution in [-0.2, 0) is 0 Å². The Morgan fingerprint density at radius 1 is 1.21 bits per heavy atom. The molecule has 1 saturated heterocycles. The van der Waals surface area contributed by atoms with Crippen LogP contribution >= 0.6 is 27.3 Å². The predicted octanol–water partition coefficient (Wildman–Crippen LogP) is 4.56. The second-order valence-corrected chi connectivity index (χ2v) is 10.2. The van der Waals surface area contributed by atoms with Gasteiger partial charge in [0.2, 0.25) is 0 Å². The fourth-order valence-electron chi connectivity index (χ4n) is 4.39. The number of carbonyl (C=O) groups excluding carboxylic acids is 3. The standard InChI is InChI=1S/C24H23BrN4O4S/c1-2-26-23(32)27-21-19(15-5-3-4-6-18(15)34-21)22(31)29-11-9-24(10-12-29)28-20(30)16-13-14(25)7-8-17(16)33-24/h3-8,13H,2,9-12H2,1H3,(H,28,30)(H2,26,27,32). The van der Waals surface area contributed by atoms with Crippen LogP contribution in [0.25, 0.3) is 10.1 Å². The number of thiophene rings is 1. The van der Waals surface area contributed by atoms with Gasteiger partial charge in [-0.1, -0.05) is 34.1 Å². The lowest BCUT2D eigenvalue weighted by Gasteiger charge is -2.44. The number of hydrogen-bond donors (Lipinski definition) is 3. The molecule has 0 aliphatic carbocycles. The average Bonchev–Trinajstić information content (AvgIpc) is 3.17. The van der Waals surface area contributed by atoms with Crippen molar-refractivity contribution in [3.8, 4) is 5.75 Å². The van der Waals surface area contributed by atoms with E-state index in [0.717, 1.165) is 14.6 Å². The topological polar surface area (TPSA) is 99.8 Å². The van der Waals surface area contributed by atoms with E-state index in [2.05, 4.69) is 31.9 Å². The summed E-state index contributed by atoms with van der Waals surface area (Å²) in [6, 6.07) is 12.6. The lowest BCUT2D eigenvalue weighted by atomic mass is 9.96. The summed E-state index contributed by atoms with van der Waals surface area (Å²) in [6.07, 6.45) is 0.919. The number of likely N-dealkylation sites (tertiary alicyclic amines) is 1. The Morgan fingerprint density at radius 2 is 1.97 bits per heavy atom. The molecule has 3 aromatic rings. The average molecular weight is 543 g/mol. The van der Waals surface area contributed by atoms with Crippen LogP contribution in [0.3, 0.4) is 0 Å². The molecule has 1 aromatic heterocycles. The van der Waals surface area contributed by atoms with Crippen LogP contribution < -0.4 is 20.7 Å². The number of nitrogens with one attached hydrogen (secondary N) is 3. The van der Waals surface area contributed by atoms with Crippen LogP contribution in [0.15, 0.2) is 46.9 Å². The summed E-state index contributed by atoms with van der Waals surface area (Å²) in [7, 11) is 0. The van der Waals surface area contributed by atoms with E-state index in [1.54, 1.807) is 17.0 Å². The molecule has 3 N–H and O–H groups in total. The number of fused-ring (bicyclic) bond motifs is 2. The number of piperidine rings is 1. The molecule has 4 amide bonds. The van der Waals surface area contributed by atoms with Gasteiger partial charge in [0.15, 0.2) is 5.72 Å². The number of amides is 4. The molecular formula is C24H23BrN4O4S. The van der Waals surface area contributed by atoms with E-state index in [1.807, 2.05) is 37.3 Å². The van der Waals surface area contributed by atoms with E-state index in [0.29, 0.717) is 54.4 Å². The van der Waals surface area contributed by atoms with Crippen molar-refractivity contribution in [2.24, 2.45) is 0 Å². The summed E-state index contributed by atoms with van der Waals surface area (Å²) in [5.74, 6) is 0.217. The minimum Gasteiger partial charge on any atom is -0.467 e. The number of nitrogens with zero attached hydrogens (tertiary/aromatic N) is 1. The van der Waals surface area contributed by atoms with E-state index in [9.17, 15) is 14.4 Å². The molecule has 176 valence electrons. The van der Waals surface area contributed by atoms with Gasteiger partial charge in [-0.25, -0.2) is 4.79 Å². The molecule has 0 unspecified atom stereocenters. The van der Waals surface area contributed by atoms with Gasteiger partial charge in [-0.3, -0.25) is 14.9 Å². The Morgan fingerprint density at radius 3 is 2.74 bits per heavy atom. The maximum Gasteiger partial charge on any atom is 0.319 e. The molecule has 3 heterocycles. The van der Waals surface area contributed by atoms with Crippen molar-refractivity contribution in [2.75, 3.05) is 25.0 Å². The van der Waals surface area contributed by atoms with E-state index in [4.69, 9.17) is 4.74 Å². The van der Waals surface area contributed by atoms with Crippen molar-refractivity contribution in [2.45, 2.75) is 25.5 Å². The number of halogens is 1. The Labute approximate surface area is 208 Å². The summed E-state index contributed by atoms with van der Waals surface area (Å²) >= 11 is 4.77. The van der Waals surface area contributed by atoms with Gasteiger partial charge < -0.3 is 20.3 Å². The van der Waals surface area contributed by atoms with Gasteiger partial charge >= 0.3 is 6.03 Å². The van der Waals surface area contributed by atoms with Crippen LogP contribution in [-0.4, -0.2) is 48.1 Å². The second-order valence-electron chi connectivity index (χ2n) is 8.27. The van der Waals surface area contributed by atoms with Crippen molar-refractivity contribution in [1.82, 2.24) is 15.5 Å². The molecule has 2 aromatic carbocycles. The predicted molar refractivity (Wildman–Crippen MR) is 135 cm³/mol. The molecule has 2 aliphatic rings. The lowest BCUT2D eigenvalue weighted by Crippen LogP contribution is -2.61. The van der Waals surface area contributed by atoms with Crippen LogP contribution in [0.5, 0.6) is 5.75 Å². The minimum atomic E-state index is -0.840. The highest BCUT2D eigenvalue weighted by Gasteiger charge is 2.43. The highest BCUT2D eigenvalue weighted by Crippen LogP contribution is 2.39. The molecule has 0 radical (unpaired) electrons. The second kappa shape index (κ2) is 8.92.